The molecule has 0 radical (unpaired) electrons. The van der Waals surface area contributed by atoms with E-state index in [2.05, 4.69) is 36.2 Å². The van der Waals surface area contributed by atoms with Gasteiger partial charge in [0.2, 0.25) is 0 Å². The van der Waals surface area contributed by atoms with Gasteiger partial charge in [-0.15, -0.1) is 0 Å². The van der Waals surface area contributed by atoms with E-state index in [1.54, 1.807) is 6.33 Å². The van der Waals surface area contributed by atoms with Crippen molar-refractivity contribution >= 4 is 11.6 Å². The fourth-order valence-corrected chi connectivity index (χ4v) is 3.67. The Balaban J connectivity index is 1.58. The number of rotatable bonds is 5. The molecule has 7 nitrogen and oxygen atoms in total. The van der Waals surface area contributed by atoms with Crippen molar-refractivity contribution in [2.75, 3.05) is 11.9 Å². The van der Waals surface area contributed by atoms with Crippen LogP contribution in [-0.4, -0.2) is 36.4 Å². The number of H-pyrrole nitrogens is 1. The molecule has 27 heavy (non-hydrogen) atoms. The minimum absolute atomic E-state index is 0.287. The lowest BCUT2D eigenvalue weighted by Crippen LogP contribution is -2.33. The number of likely N-dealkylation sites (tertiary alicyclic amines) is 1. The molecule has 1 atom stereocenters. The van der Waals surface area contributed by atoms with E-state index in [1.165, 1.54) is 12.8 Å². The van der Waals surface area contributed by atoms with Crippen LogP contribution < -0.4 is 5.32 Å². The van der Waals surface area contributed by atoms with E-state index < -0.39 is 0 Å². The quantitative estimate of drug-likeness (QED) is 0.719. The summed E-state index contributed by atoms with van der Waals surface area (Å²) in [6.07, 6.45) is 7.17. The lowest BCUT2D eigenvalue weighted by atomic mass is 9.98. The summed E-state index contributed by atoms with van der Waals surface area (Å²) in [4.78, 5) is 23.7. The first-order valence-electron chi connectivity index (χ1n) is 9.45. The first kappa shape index (κ1) is 17.6. The molecular formula is C20H25N7. The Morgan fingerprint density at radius 1 is 1.15 bits per heavy atom. The SMILES string of the molecule is Cc1cccc(Nc2cc([C@H]3CCCCN3Cc3cnc[nH]3)nc(C)n2)n1. The Labute approximate surface area is 159 Å². The molecule has 1 saturated heterocycles. The highest BCUT2D eigenvalue weighted by Gasteiger charge is 2.26. The summed E-state index contributed by atoms with van der Waals surface area (Å²) in [6.45, 7) is 5.85. The average molecular weight is 363 g/mol. The predicted octanol–water partition coefficient (Wildman–Crippen LogP) is 3.68. The second-order valence-corrected chi connectivity index (χ2v) is 7.07. The Morgan fingerprint density at radius 2 is 2.07 bits per heavy atom. The second-order valence-electron chi connectivity index (χ2n) is 7.07. The minimum Gasteiger partial charge on any atom is -0.347 e. The van der Waals surface area contributed by atoms with Crippen LogP contribution in [0.4, 0.5) is 11.6 Å². The largest absolute Gasteiger partial charge is 0.347 e. The van der Waals surface area contributed by atoms with Crippen LogP contribution in [0.3, 0.4) is 0 Å². The van der Waals surface area contributed by atoms with Crippen molar-refractivity contribution in [1.29, 1.82) is 0 Å². The second kappa shape index (κ2) is 7.84. The maximum Gasteiger partial charge on any atom is 0.135 e. The third-order valence-electron chi connectivity index (χ3n) is 4.89. The van der Waals surface area contributed by atoms with Crippen molar-refractivity contribution in [2.24, 2.45) is 0 Å². The first-order chi connectivity index (χ1) is 13.2. The van der Waals surface area contributed by atoms with Gasteiger partial charge in [0.15, 0.2) is 0 Å². The maximum absolute atomic E-state index is 4.76. The highest BCUT2D eigenvalue weighted by Crippen LogP contribution is 2.32. The van der Waals surface area contributed by atoms with Crippen LogP contribution in [0.25, 0.3) is 0 Å². The predicted molar refractivity (Wildman–Crippen MR) is 105 cm³/mol. The molecule has 0 aromatic carbocycles. The van der Waals surface area contributed by atoms with Crippen LogP contribution in [-0.2, 0) is 6.54 Å². The Morgan fingerprint density at radius 3 is 2.89 bits per heavy atom. The summed E-state index contributed by atoms with van der Waals surface area (Å²) >= 11 is 0. The van der Waals surface area contributed by atoms with Crippen LogP contribution >= 0.6 is 0 Å². The van der Waals surface area contributed by atoms with Gasteiger partial charge in [-0.25, -0.2) is 19.9 Å². The zero-order valence-electron chi connectivity index (χ0n) is 15.8. The van der Waals surface area contributed by atoms with E-state index in [0.29, 0.717) is 0 Å². The van der Waals surface area contributed by atoms with Gasteiger partial charge in [-0.1, -0.05) is 12.5 Å². The van der Waals surface area contributed by atoms with E-state index >= 15 is 0 Å². The zero-order valence-corrected chi connectivity index (χ0v) is 15.8. The minimum atomic E-state index is 0.287. The third-order valence-corrected chi connectivity index (χ3v) is 4.89. The monoisotopic (exact) mass is 363 g/mol. The van der Waals surface area contributed by atoms with Crippen molar-refractivity contribution in [3.05, 3.63) is 59.7 Å². The molecule has 0 amide bonds. The number of hydrogen-bond donors (Lipinski definition) is 2. The van der Waals surface area contributed by atoms with Gasteiger partial charge in [0.25, 0.3) is 0 Å². The van der Waals surface area contributed by atoms with Crippen LogP contribution in [0.15, 0.2) is 36.8 Å². The Bertz CT molecular complexity index is 891. The summed E-state index contributed by atoms with van der Waals surface area (Å²) in [5.41, 5.74) is 3.18. The smallest absolute Gasteiger partial charge is 0.135 e. The van der Waals surface area contributed by atoms with Crippen LogP contribution in [0, 0.1) is 13.8 Å². The number of aromatic nitrogens is 5. The number of pyridine rings is 1. The molecule has 0 spiro atoms. The van der Waals surface area contributed by atoms with Gasteiger partial charge in [0.05, 0.1) is 18.1 Å². The molecule has 3 aromatic heterocycles. The third kappa shape index (κ3) is 4.31. The molecule has 1 fully saturated rings. The molecule has 2 N–H and O–H groups in total. The lowest BCUT2D eigenvalue weighted by Gasteiger charge is -2.35. The number of nitrogens with one attached hydrogen (secondary N) is 2. The summed E-state index contributed by atoms with van der Waals surface area (Å²) < 4.78 is 0. The normalized spacial score (nSPS) is 17.8. The molecule has 0 bridgehead atoms. The highest BCUT2D eigenvalue weighted by molar-refractivity contribution is 5.52. The molecule has 1 aliphatic heterocycles. The van der Waals surface area contributed by atoms with Crippen LogP contribution in [0.1, 0.15) is 48.2 Å². The number of hydrogen-bond acceptors (Lipinski definition) is 6. The van der Waals surface area contributed by atoms with Crippen molar-refractivity contribution in [3.8, 4) is 0 Å². The molecule has 1 aliphatic rings. The van der Waals surface area contributed by atoms with E-state index in [-0.39, 0.29) is 6.04 Å². The van der Waals surface area contributed by atoms with Gasteiger partial charge >= 0.3 is 0 Å². The summed E-state index contributed by atoms with van der Waals surface area (Å²) in [5, 5.41) is 3.33. The number of piperidine rings is 1. The molecule has 0 saturated carbocycles. The van der Waals surface area contributed by atoms with Gasteiger partial charge in [-0.3, -0.25) is 4.90 Å². The van der Waals surface area contributed by atoms with Gasteiger partial charge in [-0.05, 0) is 45.4 Å². The molecular weight excluding hydrogens is 338 g/mol. The lowest BCUT2D eigenvalue weighted by molar-refractivity contribution is 0.135. The number of imidazole rings is 1. The van der Waals surface area contributed by atoms with Gasteiger partial charge in [0.1, 0.15) is 17.5 Å². The Hall–Kier alpha value is -2.80. The van der Waals surface area contributed by atoms with Crippen LogP contribution in [0.5, 0.6) is 0 Å². The van der Waals surface area contributed by atoms with Gasteiger partial charge in [-0.2, -0.15) is 0 Å². The highest BCUT2D eigenvalue weighted by atomic mass is 15.2. The number of aryl methyl sites for hydroxylation is 2. The van der Waals surface area contributed by atoms with Crippen molar-refractivity contribution in [3.63, 3.8) is 0 Å². The van der Waals surface area contributed by atoms with Gasteiger partial charge < -0.3 is 10.3 Å². The molecule has 7 heteroatoms. The summed E-state index contributed by atoms with van der Waals surface area (Å²) in [6, 6.07) is 8.28. The maximum atomic E-state index is 4.76. The fourth-order valence-electron chi connectivity index (χ4n) is 3.67. The average Bonchev–Trinajstić information content (AvgIpc) is 3.15. The zero-order chi connectivity index (χ0) is 18.6. The van der Waals surface area contributed by atoms with E-state index in [1.807, 2.05) is 38.2 Å². The van der Waals surface area contributed by atoms with Crippen molar-refractivity contribution < 1.29 is 0 Å². The standard InChI is InChI=1S/C20H25N7/c1-14-6-5-8-19(23-14)26-20-10-17(24-15(2)25-20)18-7-3-4-9-27(18)12-16-11-21-13-22-16/h5-6,8,10-11,13,18H,3-4,7,9,12H2,1-2H3,(H,21,22)(H,23,24,25,26)/t18-/m1/s1. The molecule has 3 aromatic rings. The van der Waals surface area contributed by atoms with Crippen molar-refractivity contribution in [2.45, 2.75) is 45.7 Å². The molecule has 4 heterocycles. The molecule has 0 aliphatic carbocycles. The number of anilines is 2. The van der Waals surface area contributed by atoms with E-state index in [4.69, 9.17) is 4.98 Å². The van der Waals surface area contributed by atoms with Crippen molar-refractivity contribution in [1.82, 2.24) is 29.8 Å². The fraction of sp³-hybridized carbons (Fsp3) is 0.400. The van der Waals surface area contributed by atoms with E-state index in [9.17, 15) is 0 Å². The molecule has 4 rings (SSSR count). The number of nitrogens with zero attached hydrogens (tertiary/aromatic N) is 5. The first-order valence-corrected chi connectivity index (χ1v) is 9.45. The molecule has 140 valence electrons. The van der Waals surface area contributed by atoms with Gasteiger partial charge in [0, 0.05) is 30.2 Å². The summed E-state index contributed by atoms with van der Waals surface area (Å²) in [7, 11) is 0. The molecule has 0 unspecified atom stereocenters. The number of aromatic amines is 1. The summed E-state index contributed by atoms with van der Waals surface area (Å²) in [5.74, 6) is 2.37. The van der Waals surface area contributed by atoms with Crippen LogP contribution in [0.2, 0.25) is 0 Å². The Kier molecular flexibility index (Phi) is 5.11. The van der Waals surface area contributed by atoms with E-state index in [0.717, 1.165) is 54.1 Å². The topological polar surface area (TPSA) is 82.6 Å².